The minimum Gasteiger partial charge on any atom is -0.464 e. The number of thiazole rings is 1. The van der Waals surface area contributed by atoms with Gasteiger partial charge in [0.2, 0.25) is 5.91 Å². The molecule has 3 aromatic heterocycles. The summed E-state index contributed by atoms with van der Waals surface area (Å²) in [4.78, 5) is 72.4. The lowest BCUT2D eigenvalue weighted by molar-refractivity contribution is -0.155. The number of carbonyl (C=O) groups excluding carboxylic acids is 4. The number of hydrazine groups is 1. The van der Waals surface area contributed by atoms with Crippen LogP contribution < -0.4 is 10.7 Å². The smallest absolute Gasteiger partial charge is 0.324 e. The van der Waals surface area contributed by atoms with Gasteiger partial charge in [0.1, 0.15) is 18.1 Å². The number of amides is 4. The molecule has 4 amide bonds. The van der Waals surface area contributed by atoms with Crippen LogP contribution in [0.25, 0.3) is 33.4 Å². The summed E-state index contributed by atoms with van der Waals surface area (Å²) in [5.74, 6) is -1.54. The number of urea groups is 1. The van der Waals surface area contributed by atoms with Crippen molar-refractivity contribution >= 4 is 46.1 Å². The number of hydrogen-bond donors (Lipinski definition) is 3. The van der Waals surface area contributed by atoms with Crippen LogP contribution in [0.2, 0.25) is 0 Å². The van der Waals surface area contributed by atoms with Crippen LogP contribution in [0.4, 0.5) is 4.79 Å². The molecular formula is C50H69N9O7S. The molecule has 0 radical (unpaired) electrons. The fourth-order valence-corrected chi connectivity index (χ4v) is 11.7. The lowest BCUT2D eigenvalue weighted by atomic mass is 9.60. The Bertz CT molecular complexity index is 2470. The fraction of sp³-hybridized carbons (Fsp3) is 0.600. The number of hydrogen-bond acceptors (Lipinski definition) is 12. The number of rotatable bonds is 11. The van der Waals surface area contributed by atoms with Crippen molar-refractivity contribution in [2.24, 2.45) is 16.7 Å². The van der Waals surface area contributed by atoms with Gasteiger partial charge in [0, 0.05) is 104 Å². The zero-order chi connectivity index (χ0) is 47.9. The number of likely N-dealkylation sites (N-methyl/N-ethyl adjacent to an activating group) is 2. The Hall–Kier alpha value is -4.94. The van der Waals surface area contributed by atoms with Crippen molar-refractivity contribution in [1.29, 1.82) is 0 Å². The first kappa shape index (κ1) is 48.5. The number of benzene rings is 1. The average molecular weight is 940 g/mol. The fourth-order valence-electron chi connectivity index (χ4n) is 10.8. The first-order valence-electron chi connectivity index (χ1n) is 23.9. The molecule has 1 saturated carbocycles. The number of aryl methyl sites for hydroxylation is 1. The standard InChI is InChI=1S/C50H69N9O7S/c1-10-58-40-16-15-32-21-35(40)36(44(58)34-13-11-17-51-42(34)31(4)65-9)25-49(5,6)29-66-47(63)37-14-12-18-59(54-37)46(62)38(22-41-52-39(32)26-67-41)53-45(61)43(30(2)3)56(8)48(64)57-27-50(28-57)23-33(24-50)55(7)19-20-60/h11,13,15-17,21,26,30-31,33,37-38,43,54,60H,10,12,14,18-20,22-25,27-29H2,1-9H3,(H,53,61)/t31-,37-,38-,43-/m0/s1. The highest BCUT2D eigenvalue weighted by atomic mass is 32.1. The maximum atomic E-state index is 14.7. The van der Waals surface area contributed by atoms with Gasteiger partial charge in [-0.3, -0.25) is 24.4 Å². The average Bonchev–Trinajstić information content (AvgIpc) is 3.87. The molecule has 17 heteroatoms. The van der Waals surface area contributed by atoms with Crippen LogP contribution in [0.1, 0.15) is 89.6 Å². The molecule has 3 aliphatic heterocycles. The van der Waals surface area contributed by atoms with E-state index in [1.165, 1.54) is 21.2 Å². The van der Waals surface area contributed by atoms with E-state index in [2.05, 4.69) is 65.2 Å². The highest BCUT2D eigenvalue weighted by Crippen LogP contribution is 2.50. The van der Waals surface area contributed by atoms with Gasteiger partial charge in [0.25, 0.3) is 5.91 Å². The van der Waals surface area contributed by atoms with Gasteiger partial charge in [-0.2, -0.15) is 0 Å². The van der Waals surface area contributed by atoms with Crippen molar-refractivity contribution in [2.45, 2.75) is 117 Å². The van der Waals surface area contributed by atoms with Crippen LogP contribution >= 0.6 is 11.3 Å². The number of pyridine rings is 1. The first-order valence-corrected chi connectivity index (χ1v) is 24.8. The highest BCUT2D eigenvalue weighted by Gasteiger charge is 2.55. The van der Waals surface area contributed by atoms with Crippen molar-refractivity contribution in [2.75, 3.05) is 60.6 Å². The van der Waals surface area contributed by atoms with E-state index in [0.717, 1.165) is 57.5 Å². The van der Waals surface area contributed by atoms with E-state index in [4.69, 9.17) is 19.4 Å². The molecule has 1 aliphatic carbocycles. The molecule has 362 valence electrons. The SMILES string of the molecule is CCn1c(-c2cccnc2[C@H](C)OC)c2c3cc(ccc31)-c1csc(n1)C[C@H](NC(=O)[C@H](C(C)C)N(C)C(=O)N1CC3(CC(N(C)CCO)C3)C1)C(=O)N1CCC[C@H](N1)C(=O)OCC(C)(C)C2. The summed E-state index contributed by atoms with van der Waals surface area (Å²) in [6.07, 6.45) is 5.21. The largest absolute Gasteiger partial charge is 0.464 e. The molecular weight excluding hydrogens is 871 g/mol. The van der Waals surface area contributed by atoms with Gasteiger partial charge >= 0.3 is 12.0 Å². The Labute approximate surface area is 398 Å². The number of aliphatic hydroxyl groups is 1. The van der Waals surface area contributed by atoms with Crippen LogP contribution in [0.5, 0.6) is 0 Å². The van der Waals surface area contributed by atoms with Crippen molar-refractivity contribution in [3.8, 4) is 22.5 Å². The summed E-state index contributed by atoms with van der Waals surface area (Å²) in [5.41, 5.74) is 9.44. The quantitative estimate of drug-likeness (QED) is 0.158. The minimum atomic E-state index is -1.05. The predicted octanol–water partition coefficient (Wildman–Crippen LogP) is 5.67. The van der Waals surface area contributed by atoms with E-state index in [9.17, 15) is 24.3 Å². The predicted molar refractivity (Wildman–Crippen MR) is 258 cm³/mol. The normalized spacial score (nSPS) is 21.7. The van der Waals surface area contributed by atoms with Gasteiger partial charge in [-0.25, -0.2) is 15.2 Å². The molecule has 4 aliphatic rings. The maximum Gasteiger partial charge on any atom is 0.324 e. The first-order chi connectivity index (χ1) is 32.0. The molecule has 6 heterocycles. The van der Waals surface area contributed by atoms with Crippen molar-refractivity contribution in [3.05, 3.63) is 58.2 Å². The summed E-state index contributed by atoms with van der Waals surface area (Å²) in [6.45, 7) is 15.3. The van der Waals surface area contributed by atoms with Gasteiger partial charge in [-0.15, -0.1) is 11.3 Å². The van der Waals surface area contributed by atoms with Crippen LogP contribution in [0, 0.1) is 16.7 Å². The second kappa shape index (κ2) is 19.6. The Morgan fingerprint density at radius 3 is 2.60 bits per heavy atom. The number of fused-ring (bicyclic) bond motifs is 6. The molecule has 1 aromatic carbocycles. The van der Waals surface area contributed by atoms with Crippen LogP contribution in [0.15, 0.2) is 41.9 Å². The van der Waals surface area contributed by atoms with Crippen LogP contribution in [-0.2, 0) is 43.2 Å². The molecule has 67 heavy (non-hydrogen) atoms. The van der Waals surface area contributed by atoms with E-state index in [1.54, 1.807) is 25.3 Å². The number of aliphatic hydroxyl groups excluding tert-OH is 1. The molecule has 3 N–H and O–H groups in total. The molecule has 2 saturated heterocycles. The molecule has 1 spiro atoms. The zero-order valence-corrected chi connectivity index (χ0v) is 41.4. The third-order valence-corrected chi connectivity index (χ3v) is 15.4. The van der Waals surface area contributed by atoms with Crippen LogP contribution in [-0.4, -0.2) is 148 Å². The molecule has 8 rings (SSSR count). The van der Waals surface area contributed by atoms with E-state index in [1.807, 2.05) is 39.3 Å². The van der Waals surface area contributed by atoms with Gasteiger partial charge in [-0.1, -0.05) is 33.8 Å². The summed E-state index contributed by atoms with van der Waals surface area (Å²) < 4.78 is 14.3. The topological polar surface area (TPSA) is 175 Å². The lowest BCUT2D eigenvalue weighted by Gasteiger charge is -2.61. The third-order valence-electron chi connectivity index (χ3n) is 14.5. The maximum absolute atomic E-state index is 14.7. The Morgan fingerprint density at radius 2 is 1.90 bits per heavy atom. The molecule has 3 fully saturated rings. The van der Waals surface area contributed by atoms with Gasteiger partial charge in [0.05, 0.1) is 41.4 Å². The molecule has 6 bridgehead atoms. The highest BCUT2D eigenvalue weighted by molar-refractivity contribution is 7.10. The number of ether oxygens (including phenoxy) is 2. The number of likely N-dealkylation sites (tertiary alicyclic amines) is 1. The molecule has 4 atom stereocenters. The van der Waals surface area contributed by atoms with Crippen molar-refractivity contribution in [3.63, 3.8) is 0 Å². The molecule has 4 aromatic rings. The number of aromatic nitrogens is 3. The van der Waals surface area contributed by atoms with Crippen molar-refractivity contribution in [1.82, 2.24) is 45.0 Å². The second-order valence-electron chi connectivity index (χ2n) is 20.5. The van der Waals surface area contributed by atoms with E-state index >= 15 is 0 Å². The van der Waals surface area contributed by atoms with E-state index < -0.39 is 41.3 Å². The Morgan fingerprint density at radius 1 is 1.13 bits per heavy atom. The monoisotopic (exact) mass is 940 g/mol. The molecule has 0 unspecified atom stereocenters. The zero-order valence-electron chi connectivity index (χ0n) is 40.6. The summed E-state index contributed by atoms with van der Waals surface area (Å²) in [6, 6.07) is 7.95. The second-order valence-corrected chi connectivity index (χ2v) is 21.4. The minimum absolute atomic E-state index is 0.0773. The van der Waals surface area contributed by atoms with Crippen LogP contribution in [0.3, 0.4) is 0 Å². The lowest BCUT2D eigenvalue weighted by Crippen LogP contribution is -2.69. The third kappa shape index (κ3) is 9.72. The summed E-state index contributed by atoms with van der Waals surface area (Å²) in [5, 5.41) is 17.6. The Kier molecular flexibility index (Phi) is 14.2. The number of nitrogens with one attached hydrogen (secondary N) is 2. The van der Waals surface area contributed by atoms with E-state index in [-0.39, 0.29) is 43.1 Å². The number of nitrogens with zero attached hydrogens (tertiary/aromatic N) is 7. The van der Waals surface area contributed by atoms with Gasteiger partial charge in [-0.05, 0) is 88.7 Å². The van der Waals surface area contributed by atoms with Gasteiger partial charge in [0.15, 0.2) is 0 Å². The Balaban J connectivity index is 1.11. The summed E-state index contributed by atoms with van der Waals surface area (Å²) >= 11 is 1.43. The van der Waals surface area contributed by atoms with E-state index in [0.29, 0.717) is 63.0 Å². The van der Waals surface area contributed by atoms with Crippen molar-refractivity contribution < 1.29 is 33.8 Å². The number of esters is 1. The number of carbonyl (C=O) groups is 4. The molecule has 16 nitrogen and oxygen atoms in total. The number of cyclic esters (lactones) is 1. The summed E-state index contributed by atoms with van der Waals surface area (Å²) in [7, 11) is 5.37. The number of methoxy groups -OCH3 is 1. The van der Waals surface area contributed by atoms with Gasteiger partial charge < -0.3 is 39.2 Å².